The van der Waals surface area contributed by atoms with Gasteiger partial charge in [-0.15, -0.1) is 0 Å². The zero-order chi connectivity index (χ0) is 22.8. The summed E-state index contributed by atoms with van der Waals surface area (Å²) in [6.07, 6.45) is 0. The average molecular weight is 454 g/mol. The number of rotatable bonds is 11. The van der Waals surface area contributed by atoms with E-state index in [4.69, 9.17) is 14.2 Å². The Hall–Kier alpha value is -2.85. The van der Waals surface area contributed by atoms with E-state index in [1.807, 2.05) is 0 Å². The molecule has 0 unspecified atom stereocenters. The minimum absolute atomic E-state index is 0.0951. The highest BCUT2D eigenvalue weighted by atomic mass is 32.2. The Kier molecular flexibility index (Phi) is 9.54. The summed E-state index contributed by atoms with van der Waals surface area (Å²) in [6, 6.07) is 11.4. The van der Waals surface area contributed by atoms with Gasteiger partial charge in [0.25, 0.3) is 5.76 Å². The van der Waals surface area contributed by atoms with E-state index in [1.165, 1.54) is 33.5 Å². The average Bonchev–Trinajstić information content (AvgIpc) is 2.74. The SMILES string of the molecule is COC(=O)CN(CC(=O)Nc1ccc(SC(F)F)cc1)Cc1cc(OC)cc(OC)c1. The van der Waals surface area contributed by atoms with E-state index >= 15 is 0 Å². The van der Waals surface area contributed by atoms with E-state index in [9.17, 15) is 18.4 Å². The minimum atomic E-state index is -2.51. The first-order valence-corrected chi connectivity index (χ1v) is 10.1. The van der Waals surface area contributed by atoms with Crippen LogP contribution in [-0.2, 0) is 20.9 Å². The maximum absolute atomic E-state index is 12.5. The second-order valence-corrected chi connectivity index (χ2v) is 7.46. The minimum Gasteiger partial charge on any atom is -0.497 e. The van der Waals surface area contributed by atoms with Crippen molar-refractivity contribution in [2.24, 2.45) is 0 Å². The highest BCUT2D eigenvalue weighted by Crippen LogP contribution is 2.26. The van der Waals surface area contributed by atoms with Crippen LogP contribution in [0.1, 0.15) is 5.56 Å². The topological polar surface area (TPSA) is 77.1 Å². The van der Waals surface area contributed by atoms with Crippen molar-refractivity contribution in [1.82, 2.24) is 4.90 Å². The number of amides is 1. The summed E-state index contributed by atoms with van der Waals surface area (Å²) in [5, 5.41) is 2.70. The van der Waals surface area contributed by atoms with Crippen LogP contribution >= 0.6 is 11.8 Å². The predicted molar refractivity (Wildman–Crippen MR) is 114 cm³/mol. The molecule has 0 saturated carbocycles. The lowest BCUT2D eigenvalue weighted by atomic mass is 10.2. The van der Waals surface area contributed by atoms with Crippen LogP contribution in [0.3, 0.4) is 0 Å². The van der Waals surface area contributed by atoms with Crippen molar-refractivity contribution in [3.63, 3.8) is 0 Å². The third-order valence-electron chi connectivity index (χ3n) is 4.13. The van der Waals surface area contributed by atoms with Gasteiger partial charge in [-0.25, -0.2) is 0 Å². The van der Waals surface area contributed by atoms with E-state index in [2.05, 4.69) is 5.32 Å². The fourth-order valence-corrected chi connectivity index (χ4v) is 3.25. The van der Waals surface area contributed by atoms with Crippen LogP contribution in [0.5, 0.6) is 11.5 Å². The number of nitrogens with one attached hydrogen (secondary N) is 1. The Bertz CT molecular complexity index is 858. The maximum atomic E-state index is 12.5. The number of halogens is 2. The zero-order valence-electron chi connectivity index (χ0n) is 17.4. The van der Waals surface area contributed by atoms with Crippen LogP contribution in [0, 0.1) is 0 Å². The molecule has 0 aliphatic rings. The highest BCUT2D eigenvalue weighted by molar-refractivity contribution is 7.99. The maximum Gasteiger partial charge on any atom is 0.319 e. The summed E-state index contributed by atoms with van der Waals surface area (Å²) >= 11 is 0.427. The van der Waals surface area contributed by atoms with Crippen LogP contribution in [-0.4, -0.2) is 57.0 Å². The molecule has 168 valence electrons. The number of ether oxygens (including phenoxy) is 3. The Labute approximate surface area is 183 Å². The Morgan fingerprint density at radius 3 is 2.13 bits per heavy atom. The lowest BCUT2D eigenvalue weighted by molar-refractivity contribution is -0.142. The van der Waals surface area contributed by atoms with Crippen LogP contribution in [0.15, 0.2) is 47.4 Å². The van der Waals surface area contributed by atoms with Gasteiger partial charge in [0.05, 0.1) is 34.4 Å². The van der Waals surface area contributed by atoms with Crippen LogP contribution in [0.2, 0.25) is 0 Å². The van der Waals surface area contributed by atoms with Gasteiger partial charge in [-0.1, -0.05) is 11.8 Å². The number of hydrogen-bond acceptors (Lipinski definition) is 7. The van der Waals surface area contributed by atoms with Crippen molar-refractivity contribution in [3.8, 4) is 11.5 Å². The van der Waals surface area contributed by atoms with E-state index < -0.39 is 11.7 Å². The van der Waals surface area contributed by atoms with Crippen molar-refractivity contribution >= 4 is 29.3 Å². The Balaban J connectivity index is 2.08. The molecule has 7 nitrogen and oxygen atoms in total. The molecule has 10 heteroatoms. The quantitative estimate of drug-likeness (QED) is 0.410. The third kappa shape index (κ3) is 8.42. The monoisotopic (exact) mass is 454 g/mol. The number of thioether (sulfide) groups is 1. The predicted octanol–water partition coefficient (Wildman–Crippen LogP) is 3.63. The number of anilines is 1. The number of methoxy groups -OCH3 is 3. The summed E-state index contributed by atoms with van der Waals surface area (Å²) in [5.41, 5.74) is 1.24. The second-order valence-electron chi connectivity index (χ2n) is 6.39. The summed E-state index contributed by atoms with van der Waals surface area (Å²) < 4.78 is 40.1. The molecule has 2 rings (SSSR count). The van der Waals surface area contributed by atoms with Crippen molar-refractivity contribution < 1.29 is 32.6 Å². The van der Waals surface area contributed by atoms with Gasteiger partial charge in [0, 0.05) is 23.2 Å². The highest BCUT2D eigenvalue weighted by Gasteiger charge is 2.17. The Morgan fingerprint density at radius 2 is 1.61 bits per heavy atom. The van der Waals surface area contributed by atoms with Gasteiger partial charge >= 0.3 is 5.97 Å². The number of carbonyl (C=O) groups excluding carboxylic acids is 2. The molecule has 0 aliphatic carbocycles. The van der Waals surface area contributed by atoms with E-state index in [0.29, 0.717) is 33.8 Å². The lowest BCUT2D eigenvalue weighted by Crippen LogP contribution is -2.37. The van der Waals surface area contributed by atoms with Crippen molar-refractivity contribution in [1.29, 1.82) is 0 Å². The summed E-state index contributed by atoms with van der Waals surface area (Å²) in [7, 11) is 4.33. The fourth-order valence-electron chi connectivity index (χ4n) is 2.75. The molecule has 0 bridgehead atoms. The molecule has 0 atom stereocenters. The van der Waals surface area contributed by atoms with Gasteiger partial charge in [0.2, 0.25) is 5.91 Å². The van der Waals surface area contributed by atoms with E-state index in [1.54, 1.807) is 35.2 Å². The fraction of sp³-hybridized carbons (Fsp3) is 0.333. The standard InChI is InChI=1S/C21H24F2N2O5S/c1-28-16-8-14(9-17(10-16)29-2)11-25(13-20(27)30-3)12-19(26)24-15-4-6-18(7-5-15)31-21(22)23/h4-10,21H,11-13H2,1-3H3,(H,24,26). The van der Waals surface area contributed by atoms with Gasteiger partial charge in [-0.05, 0) is 42.0 Å². The molecule has 0 heterocycles. The van der Waals surface area contributed by atoms with Gasteiger partial charge in [0.1, 0.15) is 11.5 Å². The molecule has 2 aromatic carbocycles. The lowest BCUT2D eigenvalue weighted by Gasteiger charge is -2.21. The summed E-state index contributed by atoms with van der Waals surface area (Å²) in [6.45, 7) is 0.0651. The van der Waals surface area contributed by atoms with Crippen molar-refractivity contribution in [2.75, 3.05) is 39.7 Å². The first-order chi connectivity index (χ1) is 14.8. The molecule has 0 radical (unpaired) electrons. The van der Waals surface area contributed by atoms with Crippen molar-refractivity contribution in [3.05, 3.63) is 48.0 Å². The van der Waals surface area contributed by atoms with Crippen LogP contribution < -0.4 is 14.8 Å². The molecular weight excluding hydrogens is 430 g/mol. The van der Waals surface area contributed by atoms with Crippen LogP contribution in [0.4, 0.5) is 14.5 Å². The van der Waals surface area contributed by atoms with E-state index in [-0.39, 0.29) is 25.5 Å². The second kappa shape index (κ2) is 12.1. The first kappa shape index (κ1) is 24.4. The molecule has 0 fully saturated rings. The van der Waals surface area contributed by atoms with Crippen LogP contribution in [0.25, 0.3) is 0 Å². The zero-order valence-corrected chi connectivity index (χ0v) is 18.2. The number of hydrogen-bond donors (Lipinski definition) is 1. The molecule has 0 saturated heterocycles. The normalized spacial score (nSPS) is 10.8. The molecule has 0 spiro atoms. The number of nitrogens with zero attached hydrogens (tertiary/aromatic N) is 1. The smallest absolute Gasteiger partial charge is 0.319 e. The molecule has 0 aromatic heterocycles. The van der Waals surface area contributed by atoms with E-state index in [0.717, 1.165) is 5.56 Å². The van der Waals surface area contributed by atoms with Gasteiger partial charge in [0.15, 0.2) is 0 Å². The molecular formula is C21H24F2N2O5S. The van der Waals surface area contributed by atoms with Gasteiger partial charge in [-0.2, -0.15) is 8.78 Å². The number of carbonyl (C=O) groups is 2. The van der Waals surface area contributed by atoms with Gasteiger partial charge in [-0.3, -0.25) is 14.5 Å². The number of alkyl halides is 2. The first-order valence-electron chi connectivity index (χ1n) is 9.18. The van der Waals surface area contributed by atoms with Gasteiger partial charge < -0.3 is 19.5 Å². The molecule has 1 N–H and O–H groups in total. The molecule has 31 heavy (non-hydrogen) atoms. The molecule has 1 amide bonds. The number of benzene rings is 2. The molecule has 2 aromatic rings. The number of esters is 1. The largest absolute Gasteiger partial charge is 0.497 e. The van der Waals surface area contributed by atoms with Crippen molar-refractivity contribution in [2.45, 2.75) is 17.2 Å². The third-order valence-corrected chi connectivity index (χ3v) is 4.85. The summed E-state index contributed by atoms with van der Waals surface area (Å²) in [5.74, 6) is -2.20. The summed E-state index contributed by atoms with van der Waals surface area (Å²) in [4.78, 5) is 26.3. The molecule has 0 aliphatic heterocycles. The Morgan fingerprint density at radius 1 is 1.00 bits per heavy atom.